The number of nitrogens with zero attached hydrogens (tertiary/aromatic N) is 1. The van der Waals surface area contributed by atoms with E-state index in [1.54, 1.807) is 12.1 Å². The predicted molar refractivity (Wildman–Crippen MR) is 108 cm³/mol. The lowest BCUT2D eigenvalue weighted by Crippen LogP contribution is -2.55. The Morgan fingerprint density at radius 1 is 1.21 bits per heavy atom. The molecule has 1 saturated heterocycles. The second-order valence-electron chi connectivity index (χ2n) is 7.53. The van der Waals surface area contributed by atoms with Crippen molar-refractivity contribution in [3.63, 3.8) is 0 Å². The molecule has 28 heavy (non-hydrogen) atoms. The van der Waals surface area contributed by atoms with Crippen molar-refractivity contribution in [3.05, 3.63) is 33.8 Å². The van der Waals surface area contributed by atoms with E-state index in [0.29, 0.717) is 42.5 Å². The van der Waals surface area contributed by atoms with Crippen LogP contribution in [0.25, 0.3) is 0 Å². The Hall–Kier alpha value is -0.880. The number of hydrogen-bond donors (Lipinski definition) is 1. The smallest absolute Gasteiger partial charge is 0.214 e. The molecule has 9 heteroatoms. The molecule has 2 aliphatic rings. The van der Waals surface area contributed by atoms with Gasteiger partial charge < -0.3 is 9.47 Å². The lowest BCUT2D eigenvalue weighted by molar-refractivity contribution is -0.0709. The van der Waals surface area contributed by atoms with Crippen molar-refractivity contribution in [2.24, 2.45) is 0 Å². The first-order chi connectivity index (χ1) is 13.3. The van der Waals surface area contributed by atoms with Crippen LogP contribution in [-0.2, 0) is 25.9 Å². The second kappa shape index (κ2) is 8.86. The van der Waals surface area contributed by atoms with Crippen LogP contribution >= 0.6 is 23.2 Å². The average Bonchev–Trinajstić information content (AvgIpc) is 2.62. The van der Waals surface area contributed by atoms with Crippen LogP contribution in [0.15, 0.2) is 18.2 Å². The molecular formula is C19H24Cl2N2O4S. The van der Waals surface area contributed by atoms with Gasteiger partial charge in [-0.3, -0.25) is 0 Å². The summed E-state index contributed by atoms with van der Waals surface area (Å²) in [6, 6.07) is 7.44. The zero-order chi connectivity index (χ0) is 20.3. The highest BCUT2D eigenvalue weighted by Crippen LogP contribution is 2.37. The Morgan fingerprint density at radius 3 is 2.50 bits per heavy atom. The average molecular weight is 447 g/mol. The number of halogens is 2. The number of hydrogen-bond acceptors (Lipinski definition) is 5. The number of nitriles is 1. The molecule has 0 radical (unpaired) electrons. The zero-order valence-electron chi connectivity index (χ0n) is 15.5. The largest absolute Gasteiger partial charge is 0.381 e. The first kappa shape index (κ1) is 21.8. The van der Waals surface area contributed by atoms with Crippen molar-refractivity contribution < 1.29 is 17.9 Å². The highest BCUT2D eigenvalue weighted by molar-refractivity contribution is 7.89. The summed E-state index contributed by atoms with van der Waals surface area (Å²) in [5, 5.41) is 10.5. The first-order valence-electron chi connectivity index (χ1n) is 9.36. The molecule has 0 amide bonds. The molecule has 2 fully saturated rings. The fourth-order valence-corrected chi connectivity index (χ4v) is 5.48. The highest BCUT2D eigenvalue weighted by Gasteiger charge is 2.41. The Morgan fingerprint density at radius 2 is 1.93 bits per heavy atom. The van der Waals surface area contributed by atoms with E-state index in [9.17, 15) is 13.7 Å². The highest BCUT2D eigenvalue weighted by atomic mass is 35.5. The zero-order valence-corrected chi connectivity index (χ0v) is 17.9. The van der Waals surface area contributed by atoms with E-state index >= 15 is 0 Å². The number of ether oxygens (including phenoxy) is 2. The molecule has 0 spiro atoms. The quantitative estimate of drug-likeness (QED) is 0.660. The van der Waals surface area contributed by atoms with Gasteiger partial charge in [0.05, 0.1) is 31.6 Å². The minimum atomic E-state index is -3.56. The summed E-state index contributed by atoms with van der Waals surface area (Å²) < 4.78 is 39.1. The third kappa shape index (κ3) is 5.38. The summed E-state index contributed by atoms with van der Waals surface area (Å²) in [6.07, 6.45) is 3.90. The van der Waals surface area contributed by atoms with Crippen molar-refractivity contribution in [1.29, 1.82) is 5.26 Å². The third-order valence-electron chi connectivity index (χ3n) is 5.46. The van der Waals surface area contributed by atoms with Crippen LogP contribution in [0.3, 0.4) is 0 Å². The Balaban J connectivity index is 1.59. The molecule has 6 nitrogen and oxygen atoms in total. The van der Waals surface area contributed by atoms with Gasteiger partial charge in [-0.15, -0.1) is 0 Å². The summed E-state index contributed by atoms with van der Waals surface area (Å²) in [6.45, 7) is 0.869. The molecule has 0 unspecified atom stereocenters. The van der Waals surface area contributed by atoms with Crippen LogP contribution < -0.4 is 4.72 Å². The van der Waals surface area contributed by atoms with Crippen molar-refractivity contribution in [2.75, 3.05) is 25.6 Å². The standard InChI is InChI=1S/C19H24Cl2N2O4S/c20-16-3-2-15(17(21)12-16)13-18(4-1-5-18)23-28(24,25)11-10-27-19(14-22)6-8-26-9-7-19/h2-3,12,23H,1,4-11,13H2. The number of nitrogens with one attached hydrogen (secondary N) is 1. The Labute approximate surface area is 176 Å². The number of benzene rings is 1. The summed E-state index contributed by atoms with van der Waals surface area (Å²) in [7, 11) is -3.56. The minimum absolute atomic E-state index is 0.0271. The first-order valence-corrected chi connectivity index (χ1v) is 11.8. The monoisotopic (exact) mass is 446 g/mol. The van der Waals surface area contributed by atoms with Crippen molar-refractivity contribution in [2.45, 2.75) is 49.7 Å². The van der Waals surface area contributed by atoms with Gasteiger partial charge in [0.25, 0.3) is 0 Å². The molecule has 0 atom stereocenters. The van der Waals surface area contributed by atoms with Crippen molar-refractivity contribution in [1.82, 2.24) is 4.72 Å². The van der Waals surface area contributed by atoms with Gasteiger partial charge in [-0.05, 0) is 43.4 Å². The van der Waals surface area contributed by atoms with Crippen LogP contribution in [0.5, 0.6) is 0 Å². The van der Waals surface area contributed by atoms with Gasteiger partial charge in [0.1, 0.15) is 0 Å². The fourth-order valence-electron chi connectivity index (χ4n) is 3.67. The lowest BCUT2D eigenvalue weighted by Gasteiger charge is -2.42. The van der Waals surface area contributed by atoms with Gasteiger partial charge in [-0.25, -0.2) is 13.1 Å². The lowest BCUT2D eigenvalue weighted by atomic mass is 9.74. The molecule has 1 aliphatic carbocycles. The van der Waals surface area contributed by atoms with E-state index in [1.807, 2.05) is 6.07 Å². The second-order valence-corrected chi connectivity index (χ2v) is 10.2. The SMILES string of the molecule is N#CC1(OCCS(=O)(=O)NC2(Cc3ccc(Cl)cc3Cl)CCC2)CCOCC1. The van der Waals surface area contributed by atoms with Crippen LogP contribution in [0.2, 0.25) is 10.0 Å². The molecule has 1 aromatic rings. The molecule has 1 N–H and O–H groups in total. The van der Waals surface area contributed by atoms with E-state index in [4.69, 9.17) is 32.7 Å². The van der Waals surface area contributed by atoms with Gasteiger partial charge in [-0.1, -0.05) is 29.3 Å². The molecule has 1 heterocycles. The fraction of sp³-hybridized carbons (Fsp3) is 0.632. The molecule has 154 valence electrons. The summed E-state index contributed by atoms with van der Waals surface area (Å²) in [4.78, 5) is 0. The molecule has 1 aromatic carbocycles. The van der Waals surface area contributed by atoms with Gasteiger partial charge in [0, 0.05) is 28.4 Å². The molecular weight excluding hydrogens is 423 g/mol. The molecule has 1 saturated carbocycles. The van der Waals surface area contributed by atoms with Gasteiger partial charge in [0.2, 0.25) is 10.0 Å². The number of sulfonamides is 1. The molecule has 0 bridgehead atoms. The molecule has 1 aliphatic heterocycles. The van der Waals surface area contributed by atoms with E-state index in [1.165, 1.54) is 0 Å². The maximum Gasteiger partial charge on any atom is 0.214 e. The van der Waals surface area contributed by atoms with Gasteiger partial charge in [0.15, 0.2) is 5.60 Å². The van der Waals surface area contributed by atoms with E-state index in [2.05, 4.69) is 10.8 Å². The maximum atomic E-state index is 12.6. The predicted octanol–water partition coefficient (Wildman–Crippen LogP) is 3.47. The van der Waals surface area contributed by atoms with Crippen LogP contribution in [0.4, 0.5) is 0 Å². The van der Waals surface area contributed by atoms with Crippen molar-refractivity contribution >= 4 is 33.2 Å². The van der Waals surface area contributed by atoms with E-state index in [0.717, 1.165) is 24.8 Å². The van der Waals surface area contributed by atoms with E-state index < -0.39 is 21.2 Å². The maximum absolute atomic E-state index is 12.6. The third-order valence-corrected chi connectivity index (χ3v) is 7.50. The van der Waals surface area contributed by atoms with Crippen molar-refractivity contribution in [3.8, 4) is 6.07 Å². The molecule has 3 rings (SSSR count). The Kier molecular flexibility index (Phi) is 6.91. The number of rotatable bonds is 8. The van der Waals surface area contributed by atoms with Gasteiger partial charge >= 0.3 is 0 Å². The minimum Gasteiger partial charge on any atom is -0.381 e. The summed E-state index contributed by atoms with van der Waals surface area (Å²) >= 11 is 12.2. The van der Waals surface area contributed by atoms with Crippen LogP contribution in [0, 0.1) is 11.3 Å². The summed E-state index contributed by atoms with van der Waals surface area (Å²) in [5.41, 5.74) is -0.601. The van der Waals surface area contributed by atoms with Gasteiger partial charge in [-0.2, -0.15) is 5.26 Å². The Bertz CT molecular complexity index is 844. The normalized spacial score (nSPS) is 20.9. The van der Waals surface area contributed by atoms with Crippen LogP contribution in [-0.4, -0.2) is 45.1 Å². The molecule has 0 aromatic heterocycles. The van der Waals surface area contributed by atoms with E-state index in [-0.39, 0.29) is 12.4 Å². The topological polar surface area (TPSA) is 88.4 Å². The summed E-state index contributed by atoms with van der Waals surface area (Å²) in [5.74, 6) is -0.187. The van der Waals surface area contributed by atoms with Crippen LogP contribution in [0.1, 0.15) is 37.7 Å².